The molecule has 2 aromatic carbocycles. The highest BCUT2D eigenvalue weighted by Gasteiger charge is 2.12. The molecular weight excluding hydrogens is 286 g/mol. The highest BCUT2D eigenvalue weighted by molar-refractivity contribution is 7.98. The van der Waals surface area contributed by atoms with E-state index < -0.39 is 0 Å². The van der Waals surface area contributed by atoms with Gasteiger partial charge in [0.25, 0.3) is 0 Å². The first-order chi connectivity index (χ1) is 9.63. The van der Waals surface area contributed by atoms with Crippen LogP contribution in [0.15, 0.2) is 47.4 Å². The number of halogens is 1. The van der Waals surface area contributed by atoms with Crippen LogP contribution in [0.1, 0.15) is 22.7 Å². The van der Waals surface area contributed by atoms with Gasteiger partial charge < -0.3 is 5.32 Å². The molecule has 0 fully saturated rings. The Bertz CT molecular complexity index is 566. The van der Waals surface area contributed by atoms with E-state index in [1.165, 1.54) is 21.6 Å². The summed E-state index contributed by atoms with van der Waals surface area (Å²) in [4.78, 5) is 1.29. The van der Waals surface area contributed by atoms with Gasteiger partial charge in [-0.1, -0.05) is 35.9 Å². The van der Waals surface area contributed by atoms with Gasteiger partial charge >= 0.3 is 0 Å². The molecule has 0 amide bonds. The molecule has 0 spiro atoms. The topological polar surface area (TPSA) is 12.0 Å². The molecule has 2 aromatic rings. The molecule has 106 valence electrons. The van der Waals surface area contributed by atoms with E-state index in [0.29, 0.717) is 0 Å². The van der Waals surface area contributed by atoms with Gasteiger partial charge in [0.1, 0.15) is 0 Å². The van der Waals surface area contributed by atoms with Crippen molar-refractivity contribution in [3.63, 3.8) is 0 Å². The number of nitrogens with one attached hydrogen (secondary N) is 1. The summed E-state index contributed by atoms with van der Waals surface area (Å²) < 4.78 is 0. The number of benzene rings is 2. The van der Waals surface area contributed by atoms with Crippen molar-refractivity contribution in [1.29, 1.82) is 0 Å². The van der Waals surface area contributed by atoms with Crippen LogP contribution in [-0.2, 0) is 6.42 Å². The van der Waals surface area contributed by atoms with Crippen molar-refractivity contribution < 1.29 is 0 Å². The number of likely N-dealkylation sites (N-methyl/N-ethyl adjacent to an activating group) is 1. The zero-order valence-electron chi connectivity index (χ0n) is 12.1. The maximum absolute atomic E-state index is 6.33. The zero-order valence-corrected chi connectivity index (χ0v) is 13.7. The average molecular weight is 306 g/mol. The van der Waals surface area contributed by atoms with Gasteiger partial charge in [0.05, 0.1) is 0 Å². The van der Waals surface area contributed by atoms with E-state index in [1.807, 2.05) is 13.1 Å². The third-order valence-corrected chi connectivity index (χ3v) is 4.59. The Morgan fingerprint density at radius 2 is 1.85 bits per heavy atom. The van der Waals surface area contributed by atoms with E-state index in [-0.39, 0.29) is 6.04 Å². The Hall–Kier alpha value is -0.960. The minimum atomic E-state index is 0.283. The normalized spacial score (nSPS) is 12.4. The van der Waals surface area contributed by atoms with Crippen LogP contribution in [-0.4, -0.2) is 13.3 Å². The number of rotatable bonds is 5. The molecule has 2 rings (SSSR count). The maximum Gasteiger partial charge on any atom is 0.0441 e. The van der Waals surface area contributed by atoms with Crippen LogP contribution in [0.4, 0.5) is 0 Å². The fourth-order valence-electron chi connectivity index (χ4n) is 2.26. The molecule has 1 N–H and O–H groups in total. The number of hydrogen-bond donors (Lipinski definition) is 1. The molecule has 0 radical (unpaired) electrons. The lowest BCUT2D eigenvalue weighted by Crippen LogP contribution is -2.19. The maximum atomic E-state index is 6.33. The van der Waals surface area contributed by atoms with Crippen molar-refractivity contribution in [3.8, 4) is 0 Å². The Kier molecular flexibility index (Phi) is 5.53. The lowest BCUT2D eigenvalue weighted by molar-refractivity contribution is 0.592. The fraction of sp³-hybridized carbons (Fsp3) is 0.294. The van der Waals surface area contributed by atoms with Gasteiger partial charge in [-0.15, -0.1) is 11.8 Å². The SMILES string of the molecule is CNC(Cc1ccc(C)cc1Cl)c1ccc(SC)cc1. The van der Waals surface area contributed by atoms with Crippen LogP contribution in [0.2, 0.25) is 5.02 Å². The summed E-state index contributed by atoms with van der Waals surface area (Å²) >= 11 is 8.10. The predicted molar refractivity (Wildman–Crippen MR) is 89.9 cm³/mol. The third kappa shape index (κ3) is 3.78. The standard InChI is InChI=1S/C17H20ClNS/c1-12-4-5-14(16(18)10-12)11-17(19-2)13-6-8-15(20-3)9-7-13/h4-10,17,19H,11H2,1-3H3. The molecule has 0 saturated heterocycles. The van der Waals surface area contributed by atoms with Gasteiger partial charge in [-0.05, 0) is 61.5 Å². The first kappa shape index (κ1) is 15.4. The second-order valence-electron chi connectivity index (χ2n) is 4.91. The molecule has 0 aromatic heterocycles. The van der Waals surface area contributed by atoms with E-state index in [2.05, 4.69) is 54.9 Å². The quantitative estimate of drug-likeness (QED) is 0.791. The smallest absolute Gasteiger partial charge is 0.0441 e. The van der Waals surface area contributed by atoms with E-state index in [4.69, 9.17) is 11.6 Å². The molecule has 0 heterocycles. The summed E-state index contributed by atoms with van der Waals surface area (Å²) in [5.41, 5.74) is 3.68. The highest BCUT2D eigenvalue weighted by atomic mass is 35.5. The largest absolute Gasteiger partial charge is 0.313 e. The van der Waals surface area contributed by atoms with Gasteiger partial charge in [-0.25, -0.2) is 0 Å². The molecule has 3 heteroatoms. The molecular formula is C17H20ClNS. The zero-order chi connectivity index (χ0) is 14.5. The molecule has 20 heavy (non-hydrogen) atoms. The predicted octanol–water partition coefficient (Wildman–Crippen LogP) is 4.87. The first-order valence-corrected chi connectivity index (χ1v) is 8.30. The van der Waals surface area contributed by atoms with Crippen LogP contribution < -0.4 is 5.32 Å². The summed E-state index contributed by atoms with van der Waals surface area (Å²) in [6, 6.07) is 15.3. The molecule has 0 aliphatic heterocycles. The second kappa shape index (κ2) is 7.16. The van der Waals surface area contributed by atoms with Crippen molar-refractivity contribution in [2.24, 2.45) is 0 Å². The molecule has 1 unspecified atom stereocenters. The van der Waals surface area contributed by atoms with Crippen LogP contribution in [0, 0.1) is 6.92 Å². The second-order valence-corrected chi connectivity index (χ2v) is 6.20. The van der Waals surface area contributed by atoms with Crippen LogP contribution in [0.3, 0.4) is 0 Å². The average Bonchev–Trinajstić information content (AvgIpc) is 2.47. The van der Waals surface area contributed by atoms with Crippen LogP contribution in [0.25, 0.3) is 0 Å². The number of hydrogen-bond acceptors (Lipinski definition) is 2. The Morgan fingerprint density at radius 1 is 1.15 bits per heavy atom. The molecule has 1 nitrogen and oxygen atoms in total. The monoisotopic (exact) mass is 305 g/mol. The van der Waals surface area contributed by atoms with Gasteiger partial charge in [0.2, 0.25) is 0 Å². The van der Waals surface area contributed by atoms with Crippen molar-refractivity contribution in [2.45, 2.75) is 24.3 Å². The van der Waals surface area contributed by atoms with Crippen molar-refractivity contribution in [2.75, 3.05) is 13.3 Å². The minimum absolute atomic E-state index is 0.283. The number of aryl methyl sites for hydroxylation is 1. The van der Waals surface area contributed by atoms with E-state index in [0.717, 1.165) is 11.4 Å². The summed E-state index contributed by atoms with van der Waals surface area (Å²) in [7, 11) is 2.00. The Labute approximate surface area is 130 Å². The van der Waals surface area contributed by atoms with E-state index in [9.17, 15) is 0 Å². The third-order valence-electron chi connectivity index (χ3n) is 3.50. The first-order valence-electron chi connectivity index (χ1n) is 6.70. The summed E-state index contributed by atoms with van der Waals surface area (Å²) in [6.07, 6.45) is 2.99. The highest BCUT2D eigenvalue weighted by Crippen LogP contribution is 2.25. The van der Waals surface area contributed by atoms with Gasteiger partial charge in [-0.2, -0.15) is 0 Å². The lowest BCUT2D eigenvalue weighted by atomic mass is 9.98. The van der Waals surface area contributed by atoms with E-state index in [1.54, 1.807) is 11.8 Å². The summed E-state index contributed by atoms with van der Waals surface area (Å²) in [6.45, 7) is 2.06. The fourth-order valence-corrected chi connectivity index (χ4v) is 2.98. The minimum Gasteiger partial charge on any atom is -0.313 e. The van der Waals surface area contributed by atoms with Crippen LogP contribution >= 0.6 is 23.4 Å². The van der Waals surface area contributed by atoms with E-state index >= 15 is 0 Å². The van der Waals surface area contributed by atoms with Gasteiger partial charge in [-0.3, -0.25) is 0 Å². The van der Waals surface area contributed by atoms with Gasteiger partial charge in [0.15, 0.2) is 0 Å². The molecule has 0 bridgehead atoms. The van der Waals surface area contributed by atoms with Gasteiger partial charge in [0, 0.05) is 16.0 Å². The molecule has 1 atom stereocenters. The lowest BCUT2D eigenvalue weighted by Gasteiger charge is -2.18. The summed E-state index contributed by atoms with van der Waals surface area (Å²) in [5.74, 6) is 0. The Balaban J connectivity index is 2.19. The van der Waals surface area contributed by atoms with Crippen molar-refractivity contribution >= 4 is 23.4 Å². The molecule has 0 saturated carbocycles. The Morgan fingerprint density at radius 3 is 2.40 bits per heavy atom. The van der Waals surface area contributed by atoms with Crippen molar-refractivity contribution in [1.82, 2.24) is 5.32 Å². The van der Waals surface area contributed by atoms with Crippen molar-refractivity contribution in [3.05, 3.63) is 64.2 Å². The number of thioether (sulfide) groups is 1. The molecule has 0 aliphatic carbocycles. The molecule has 0 aliphatic rings. The van der Waals surface area contributed by atoms with Crippen LogP contribution in [0.5, 0.6) is 0 Å². The summed E-state index contributed by atoms with van der Waals surface area (Å²) in [5, 5.41) is 4.23.